The third-order valence-corrected chi connectivity index (χ3v) is 6.48. The minimum Gasteiger partial charge on any atom is -0.490 e. The van der Waals surface area contributed by atoms with Gasteiger partial charge in [-0.2, -0.15) is 0 Å². The first-order valence-corrected chi connectivity index (χ1v) is 12.0. The maximum absolute atomic E-state index is 6.21. The van der Waals surface area contributed by atoms with Crippen molar-refractivity contribution in [3.8, 4) is 11.5 Å². The van der Waals surface area contributed by atoms with Gasteiger partial charge in [-0.15, -0.1) is 0 Å². The van der Waals surface area contributed by atoms with Gasteiger partial charge in [0.2, 0.25) is 0 Å². The summed E-state index contributed by atoms with van der Waals surface area (Å²) in [6.45, 7) is 9.86. The van der Waals surface area contributed by atoms with Crippen molar-refractivity contribution in [2.45, 2.75) is 51.8 Å². The van der Waals surface area contributed by atoms with Gasteiger partial charge in [-0.1, -0.05) is 24.3 Å². The first-order chi connectivity index (χ1) is 16.0. The molecule has 0 radical (unpaired) electrons. The van der Waals surface area contributed by atoms with E-state index in [-0.39, 0.29) is 5.60 Å². The molecule has 5 nitrogen and oxygen atoms in total. The van der Waals surface area contributed by atoms with Crippen LogP contribution in [0.3, 0.4) is 0 Å². The van der Waals surface area contributed by atoms with E-state index >= 15 is 0 Å². The zero-order valence-electron chi connectivity index (χ0n) is 19.8. The molecule has 5 rings (SSSR count). The van der Waals surface area contributed by atoms with Gasteiger partial charge in [0.15, 0.2) is 11.5 Å². The molecule has 172 valence electrons. The van der Waals surface area contributed by atoms with Crippen molar-refractivity contribution in [2.75, 3.05) is 25.0 Å². The van der Waals surface area contributed by atoms with Crippen molar-refractivity contribution in [1.82, 2.24) is 9.88 Å². The van der Waals surface area contributed by atoms with Crippen LogP contribution in [0.15, 0.2) is 54.7 Å². The lowest BCUT2D eigenvalue weighted by molar-refractivity contribution is 0.149. The standard InChI is InChI=1S/C28H33N3O2/c1-4-32-26-18-20(17-21-9-13-28(2,3)33-27(21)26)19-31-15-11-22(12-16-31)30-25-10-14-29-24-8-6-5-7-23(24)25/h5-10,13-14,17-18,22H,4,11-12,15-16,19H2,1-3H3,(H,29,30). The predicted molar refractivity (Wildman–Crippen MR) is 135 cm³/mol. The van der Waals surface area contributed by atoms with Gasteiger partial charge in [0.25, 0.3) is 0 Å². The topological polar surface area (TPSA) is 46.6 Å². The maximum atomic E-state index is 6.21. The number of fused-ring (bicyclic) bond motifs is 2. The Balaban J connectivity index is 1.24. The second-order valence-corrected chi connectivity index (χ2v) is 9.55. The van der Waals surface area contributed by atoms with Crippen LogP contribution in [-0.4, -0.2) is 41.2 Å². The van der Waals surface area contributed by atoms with E-state index in [2.05, 4.69) is 77.6 Å². The Kier molecular flexibility index (Phi) is 5.98. The summed E-state index contributed by atoms with van der Waals surface area (Å²) < 4.78 is 12.2. The molecule has 3 heterocycles. The van der Waals surface area contributed by atoms with Crippen LogP contribution >= 0.6 is 0 Å². The zero-order chi connectivity index (χ0) is 22.8. The number of piperidine rings is 1. The summed E-state index contributed by atoms with van der Waals surface area (Å²) in [6, 6.07) is 15.3. The SMILES string of the molecule is CCOc1cc(CN2CCC(Nc3ccnc4ccccc34)CC2)cc2c1OC(C)(C)C=C2. The Labute approximate surface area is 196 Å². The molecule has 2 aromatic carbocycles. The van der Waals surface area contributed by atoms with Crippen molar-refractivity contribution in [3.05, 3.63) is 65.9 Å². The van der Waals surface area contributed by atoms with Gasteiger partial charge < -0.3 is 14.8 Å². The molecule has 0 aliphatic carbocycles. The number of rotatable bonds is 6. The molecule has 1 saturated heterocycles. The van der Waals surface area contributed by atoms with E-state index in [0.29, 0.717) is 12.6 Å². The van der Waals surface area contributed by atoms with E-state index in [9.17, 15) is 0 Å². The fourth-order valence-corrected chi connectivity index (χ4v) is 4.79. The molecular formula is C28H33N3O2. The predicted octanol–water partition coefficient (Wildman–Crippen LogP) is 5.89. The van der Waals surface area contributed by atoms with Crippen LogP contribution in [0.1, 0.15) is 44.7 Å². The zero-order valence-corrected chi connectivity index (χ0v) is 19.8. The number of hydrogen-bond donors (Lipinski definition) is 1. The molecule has 3 aromatic rings. The van der Waals surface area contributed by atoms with Crippen LogP contribution in [0.5, 0.6) is 11.5 Å². The number of aromatic nitrogens is 1. The third-order valence-electron chi connectivity index (χ3n) is 6.48. The number of anilines is 1. The second kappa shape index (κ2) is 9.06. The normalized spacial score (nSPS) is 18.0. The van der Waals surface area contributed by atoms with Crippen LogP contribution in [0.25, 0.3) is 17.0 Å². The summed E-state index contributed by atoms with van der Waals surface area (Å²) >= 11 is 0. The molecule has 0 atom stereocenters. The molecule has 2 aliphatic heterocycles. The number of hydrogen-bond acceptors (Lipinski definition) is 5. The molecule has 0 amide bonds. The van der Waals surface area contributed by atoms with Crippen LogP contribution in [0, 0.1) is 0 Å². The van der Waals surface area contributed by atoms with Gasteiger partial charge in [-0.05, 0) is 69.5 Å². The fourth-order valence-electron chi connectivity index (χ4n) is 4.79. The van der Waals surface area contributed by atoms with E-state index in [4.69, 9.17) is 9.47 Å². The van der Waals surface area contributed by atoms with Gasteiger partial charge in [0.1, 0.15) is 5.60 Å². The Bertz CT molecular complexity index is 1160. The summed E-state index contributed by atoms with van der Waals surface area (Å²) in [4.78, 5) is 7.02. The summed E-state index contributed by atoms with van der Waals surface area (Å²) in [6.07, 6.45) is 8.42. The van der Waals surface area contributed by atoms with E-state index in [1.807, 2.05) is 19.2 Å². The number of pyridine rings is 1. The lowest BCUT2D eigenvalue weighted by Crippen LogP contribution is -2.38. The highest BCUT2D eigenvalue weighted by Gasteiger charge is 2.26. The second-order valence-electron chi connectivity index (χ2n) is 9.55. The van der Waals surface area contributed by atoms with Crippen LogP contribution in [0.4, 0.5) is 5.69 Å². The summed E-state index contributed by atoms with van der Waals surface area (Å²) in [7, 11) is 0. The fraction of sp³-hybridized carbons (Fsp3) is 0.393. The number of nitrogens with one attached hydrogen (secondary N) is 1. The van der Waals surface area contributed by atoms with Crippen molar-refractivity contribution in [1.29, 1.82) is 0 Å². The van der Waals surface area contributed by atoms with E-state index in [1.165, 1.54) is 16.6 Å². The highest BCUT2D eigenvalue weighted by molar-refractivity contribution is 5.90. The molecule has 5 heteroatoms. The average Bonchev–Trinajstić information content (AvgIpc) is 2.81. The van der Waals surface area contributed by atoms with Gasteiger partial charge in [-0.3, -0.25) is 9.88 Å². The lowest BCUT2D eigenvalue weighted by atomic mass is 9.99. The maximum Gasteiger partial charge on any atom is 0.169 e. The number of nitrogens with zero attached hydrogens (tertiary/aromatic N) is 2. The first-order valence-electron chi connectivity index (χ1n) is 12.0. The van der Waals surface area contributed by atoms with Crippen molar-refractivity contribution in [3.63, 3.8) is 0 Å². The van der Waals surface area contributed by atoms with Crippen molar-refractivity contribution in [2.24, 2.45) is 0 Å². The van der Waals surface area contributed by atoms with E-state index in [1.54, 1.807) is 0 Å². The summed E-state index contributed by atoms with van der Waals surface area (Å²) in [5.41, 5.74) is 4.30. The average molecular weight is 444 g/mol. The van der Waals surface area contributed by atoms with E-state index in [0.717, 1.165) is 55.1 Å². The number of ether oxygens (including phenoxy) is 2. The minimum absolute atomic E-state index is 0.310. The summed E-state index contributed by atoms with van der Waals surface area (Å²) in [5.74, 6) is 1.71. The van der Waals surface area contributed by atoms with Crippen molar-refractivity contribution < 1.29 is 9.47 Å². The lowest BCUT2D eigenvalue weighted by Gasteiger charge is -2.34. The Hall–Kier alpha value is -3.05. The molecule has 1 aromatic heterocycles. The quantitative estimate of drug-likeness (QED) is 0.514. The summed E-state index contributed by atoms with van der Waals surface area (Å²) in [5, 5.41) is 4.96. The third kappa shape index (κ3) is 4.83. The molecular weight excluding hydrogens is 410 g/mol. The number of benzene rings is 2. The van der Waals surface area contributed by atoms with Crippen LogP contribution in [0.2, 0.25) is 0 Å². The molecule has 0 unspecified atom stereocenters. The molecule has 1 N–H and O–H groups in total. The first kappa shape index (κ1) is 21.8. The minimum atomic E-state index is -0.310. The van der Waals surface area contributed by atoms with Crippen LogP contribution in [-0.2, 0) is 6.54 Å². The highest BCUT2D eigenvalue weighted by Crippen LogP contribution is 2.40. The van der Waals surface area contributed by atoms with Crippen LogP contribution < -0.4 is 14.8 Å². The monoisotopic (exact) mass is 443 g/mol. The molecule has 2 aliphatic rings. The van der Waals surface area contributed by atoms with Gasteiger partial charge >= 0.3 is 0 Å². The van der Waals surface area contributed by atoms with Gasteiger partial charge in [-0.25, -0.2) is 0 Å². The van der Waals surface area contributed by atoms with Gasteiger partial charge in [0, 0.05) is 48.5 Å². The molecule has 0 bridgehead atoms. The number of likely N-dealkylation sites (tertiary alicyclic amines) is 1. The highest BCUT2D eigenvalue weighted by atomic mass is 16.5. The Morgan fingerprint density at radius 1 is 1.15 bits per heavy atom. The molecule has 1 fully saturated rings. The van der Waals surface area contributed by atoms with E-state index < -0.39 is 0 Å². The Morgan fingerprint density at radius 3 is 2.79 bits per heavy atom. The number of para-hydroxylation sites is 1. The Morgan fingerprint density at radius 2 is 1.97 bits per heavy atom. The molecule has 0 spiro atoms. The molecule has 33 heavy (non-hydrogen) atoms. The largest absolute Gasteiger partial charge is 0.490 e. The van der Waals surface area contributed by atoms with Crippen molar-refractivity contribution >= 4 is 22.7 Å². The van der Waals surface area contributed by atoms with Gasteiger partial charge in [0.05, 0.1) is 12.1 Å². The smallest absolute Gasteiger partial charge is 0.169 e. The molecule has 0 saturated carbocycles.